The van der Waals surface area contributed by atoms with Gasteiger partial charge in [-0.15, -0.1) is 0 Å². The van der Waals surface area contributed by atoms with Crippen molar-refractivity contribution in [3.05, 3.63) is 51.3 Å². The fourth-order valence-corrected chi connectivity index (χ4v) is 1.56. The minimum atomic E-state index is -0.553. The van der Waals surface area contributed by atoms with Crippen LogP contribution >= 0.6 is 11.6 Å². The van der Waals surface area contributed by atoms with Crippen molar-refractivity contribution >= 4 is 17.3 Å². The number of hydrogen-bond donors (Lipinski definition) is 1. The van der Waals surface area contributed by atoms with Crippen molar-refractivity contribution < 1.29 is 10.0 Å². The summed E-state index contributed by atoms with van der Waals surface area (Å²) in [4.78, 5) is 10.2. The summed E-state index contributed by atoms with van der Waals surface area (Å²) < 4.78 is 1.44. The van der Waals surface area contributed by atoms with Crippen molar-refractivity contribution in [2.24, 2.45) is 0 Å². The van der Waals surface area contributed by atoms with Gasteiger partial charge in [0, 0.05) is 12.3 Å². The van der Waals surface area contributed by atoms with E-state index in [0.717, 1.165) is 0 Å². The first kappa shape index (κ1) is 11.6. The molecule has 2 rings (SSSR count). The first-order valence-electron chi connectivity index (χ1n) is 4.71. The highest BCUT2D eigenvalue weighted by Gasteiger charge is 2.13. The van der Waals surface area contributed by atoms with Gasteiger partial charge in [-0.05, 0) is 18.2 Å². The third kappa shape index (κ3) is 2.27. The summed E-state index contributed by atoms with van der Waals surface area (Å²) in [5, 5.41) is 23.7. The number of hydrogen-bond acceptors (Lipinski definition) is 4. The Hall–Kier alpha value is -1.92. The molecule has 0 bridgehead atoms. The molecular weight excluding hydrogens is 246 g/mol. The van der Waals surface area contributed by atoms with Gasteiger partial charge in [-0.1, -0.05) is 11.6 Å². The SMILES string of the molecule is O=[N+]([O-])c1cc(-n2ccc(CO)n2)ccc1Cl. The number of aliphatic hydroxyl groups is 1. The molecular formula is C10H8ClN3O3. The van der Waals surface area contributed by atoms with Crippen molar-refractivity contribution in [3.8, 4) is 5.69 Å². The van der Waals surface area contributed by atoms with Gasteiger partial charge < -0.3 is 5.11 Å². The Labute approximate surface area is 101 Å². The largest absolute Gasteiger partial charge is 0.390 e. The van der Waals surface area contributed by atoms with Gasteiger partial charge in [-0.25, -0.2) is 4.68 Å². The van der Waals surface area contributed by atoms with Crippen LogP contribution in [0.5, 0.6) is 0 Å². The Morgan fingerprint density at radius 3 is 2.82 bits per heavy atom. The fourth-order valence-electron chi connectivity index (χ4n) is 1.37. The van der Waals surface area contributed by atoms with Crippen molar-refractivity contribution in [1.82, 2.24) is 9.78 Å². The number of aromatic nitrogens is 2. The lowest BCUT2D eigenvalue weighted by Crippen LogP contribution is -1.98. The number of nitro benzene ring substituents is 1. The Balaban J connectivity index is 2.46. The zero-order chi connectivity index (χ0) is 12.4. The lowest BCUT2D eigenvalue weighted by molar-refractivity contribution is -0.384. The average Bonchev–Trinajstić information content (AvgIpc) is 2.78. The van der Waals surface area contributed by atoms with Gasteiger partial charge in [0.15, 0.2) is 0 Å². The molecule has 1 aromatic heterocycles. The highest BCUT2D eigenvalue weighted by Crippen LogP contribution is 2.26. The molecule has 88 valence electrons. The number of nitro groups is 1. The van der Waals surface area contributed by atoms with Gasteiger partial charge in [0.05, 0.1) is 22.9 Å². The summed E-state index contributed by atoms with van der Waals surface area (Å²) in [5.41, 5.74) is 0.827. The van der Waals surface area contributed by atoms with Crippen molar-refractivity contribution in [1.29, 1.82) is 0 Å². The van der Waals surface area contributed by atoms with E-state index in [4.69, 9.17) is 16.7 Å². The highest BCUT2D eigenvalue weighted by atomic mass is 35.5. The summed E-state index contributed by atoms with van der Waals surface area (Å²) in [5.74, 6) is 0. The zero-order valence-corrected chi connectivity index (χ0v) is 9.33. The normalized spacial score (nSPS) is 10.5. The van der Waals surface area contributed by atoms with E-state index in [0.29, 0.717) is 11.4 Å². The van der Waals surface area contributed by atoms with Crippen LogP contribution in [0.25, 0.3) is 5.69 Å². The molecule has 17 heavy (non-hydrogen) atoms. The van der Waals surface area contributed by atoms with Crippen LogP contribution in [0.1, 0.15) is 5.69 Å². The zero-order valence-electron chi connectivity index (χ0n) is 8.58. The molecule has 1 aromatic carbocycles. The highest BCUT2D eigenvalue weighted by molar-refractivity contribution is 6.32. The van der Waals surface area contributed by atoms with Gasteiger partial charge in [-0.3, -0.25) is 10.1 Å². The van der Waals surface area contributed by atoms with E-state index < -0.39 is 4.92 Å². The van der Waals surface area contributed by atoms with Gasteiger partial charge in [0.1, 0.15) is 5.02 Å². The monoisotopic (exact) mass is 253 g/mol. The predicted octanol–water partition coefficient (Wildman–Crippen LogP) is 1.93. The van der Waals surface area contributed by atoms with Crippen molar-refractivity contribution in [2.75, 3.05) is 0 Å². The summed E-state index contributed by atoms with van der Waals surface area (Å²) >= 11 is 5.70. The van der Waals surface area contributed by atoms with E-state index in [1.54, 1.807) is 18.3 Å². The van der Waals surface area contributed by atoms with Gasteiger partial charge in [0.2, 0.25) is 0 Å². The van der Waals surface area contributed by atoms with Gasteiger partial charge >= 0.3 is 0 Å². The standard InChI is InChI=1S/C10H8ClN3O3/c11-9-2-1-8(5-10(9)14(16)17)13-4-3-7(6-15)12-13/h1-5,15H,6H2. The Kier molecular flexibility index (Phi) is 3.08. The third-order valence-electron chi connectivity index (χ3n) is 2.20. The van der Waals surface area contributed by atoms with E-state index >= 15 is 0 Å². The molecule has 7 heteroatoms. The van der Waals surface area contributed by atoms with Crippen LogP contribution in [-0.2, 0) is 6.61 Å². The summed E-state index contributed by atoms with van der Waals surface area (Å²) in [7, 11) is 0. The lowest BCUT2D eigenvalue weighted by Gasteiger charge is -2.02. The molecule has 0 amide bonds. The molecule has 0 unspecified atom stereocenters. The molecule has 1 N–H and O–H groups in total. The van der Waals surface area contributed by atoms with Crippen LogP contribution in [0.15, 0.2) is 30.5 Å². The Morgan fingerprint density at radius 1 is 1.47 bits per heavy atom. The van der Waals surface area contributed by atoms with Gasteiger partial charge in [0.25, 0.3) is 5.69 Å². The number of aliphatic hydroxyl groups excluding tert-OH is 1. The number of benzene rings is 1. The van der Waals surface area contributed by atoms with Crippen LogP contribution in [0.3, 0.4) is 0 Å². The first-order valence-corrected chi connectivity index (χ1v) is 5.09. The van der Waals surface area contributed by atoms with Crippen LogP contribution in [0.2, 0.25) is 5.02 Å². The second-order valence-corrected chi connectivity index (χ2v) is 3.71. The molecule has 0 fully saturated rings. The fraction of sp³-hybridized carbons (Fsp3) is 0.100. The van der Waals surface area contributed by atoms with E-state index in [9.17, 15) is 10.1 Å². The number of rotatable bonds is 3. The minimum Gasteiger partial charge on any atom is -0.390 e. The smallest absolute Gasteiger partial charge is 0.290 e. The molecule has 2 aromatic rings. The maximum atomic E-state index is 10.7. The molecule has 0 spiro atoms. The predicted molar refractivity (Wildman–Crippen MR) is 61.2 cm³/mol. The van der Waals surface area contributed by atoms with Crippen LogP contribution in [0, 0.1) is 10.1 Å². The molecule has 0 saturated heterocycles. The molecule has 0 aliphatic heterocycles. The van der Waals surface area contributed by atoms with Gasteiger partial charge in [-0.2, -0.15) is 5.10 Å². The van der Waals surface area contributed by atoms with E-state index in [1.807, 2.05) is 0 Å². The van der Waals surface area contributed by atoms with Crippen molar-refractivity contribution in [2.45, 2.75) is 6.61 Å². The summed E-state index contributed by atoms with van der Waals surface area (Å²) in [6, 6.07) is 6.01. The second kappa shape index (κ2) is 4.52. The van der Waals surface area contributed by atoms with E-state index in [-0.39, 0.29) is 17.3 Å². The quantitative estimate of drug-likeness (QED) is 0.669. The number of halogens is 1. The average molecular weight is 254 g/mol. The summed E-state index contributed by atoms with van der Waals surface area (Å²) in [6.07, 6.45) is 1.61. The molecule has 6 nitrogen and oxygen atoms in total. The topological polar surface area (TPSA) is 81.2 Å². The van der Waals surface area contributed by atoms with Crippen LogP contribution in [0.4, 0.5) is 5.69 Å². The lowest BCUT2D eigenvalue weighted by atomic mass is 10.3. The molecule has 0 aliphatic rings. The summed E-state index contributed by atoms with van der Waals surface area (Å²) in [6.45, 7) is -0.178. The van der Waals surface area contributed by atoms with E-state index in [1.165, 1.54) is 16.8 Å². The second-order valence-electron chi connectivity index (χ2n) is 3.30. The minimum absolute atomic E-state index is 0.0771. The van der Waals surface area contributed by atoms with Crippen LogP contribution in [-0.4, -0.2) is 19.8 Å². The van der Waals surface area contributed by atoms with Crippen molar-refractivity contribution in [3.63, 3.8) is 0 Å². The number of nitrogens with zero attached hydrogens (tertiary/aromatic N) is 3. The maximum Gasteiger partial charge on any atom is 0.290 e. The molecule has 0 atom stereocenters. The Morgan fingerprint density at radius 2 is 2.24 bits per heavy atom. The maximum absolute atomic E-state index is 10.7. The van der Waals surface area contributed by atoms with E-state index in [2.05, 4.69) is 5.10 Å². The third-order valence-corrected chi connectivity index (χ3v) is 2.52. The molecule has 1 heterocycles. The molecule has 0 radical (unpaired) electrons. The molecule has 0 saturated carbocycles. The molecule has 0 aliphatic carbocycles. The van der Waals surface area contributed by atoms with Crippen LogP contribution < -0.4 is 0 Å². The Bertz CT molecular complexity index is 568. The first-order chi connectivity index (χ1) is 8.11.